The van der Waals surface area contributed by atoms with Crippen molar-refractivity contribution in [3.8, 4) is 0 Å². The fourth-order valence-corrected chi connectivity index (χ4v) is 3.44. The van der Waals surface area contributed by atoms with Crippen LogP contribution in [0.3, 0.4) is 0 Å². The number of anilines is 2. The minimum absolute atomic E-state index is 0.0917. The maximum Gasteiger partial charge on any atom is 0.232 e. The molecule has 0 atom stereocenters. The first-order chi connectivity index (χ1) is 10.1. The zero-order valence-electron chi connectivity index (χ0n) is 12.8. The van der Waals surface area contributed by atoms with Gasteiger partial charge in [-0.2, -0.15) is 0 Å². The van der Waals surface area contributed by atoms with Crippen molar-refractivity contribution >= 4 is 21.4 Å². The Labute approximate surface area is 128 Å². The molecule has 0 heterocycles. The van der Waals surface area contributed by atoms with Crippen molar-refractivity contribution in [2.24, 2.45) is 5.92 Å². The summed E-state index contributed by atoms with van der Waals surface area (Å²) in [5, 5.41) is 3.42. The molecule has 1 aromatic carbocycles. The van der Waals surface area contributed by atoms with Crippen molar-refractivity contribution in [2.75, 3.05) is 22.3 Å². The van der Waals surface area contributed by atoms with E-state index < -0.39 is 10.0 Å². The summed E-state index contributed by atoms with van der Waals surface area (Å²) >= 11 is 0. The third kappa shape index (κ3) is 5.58. The van der Waals surface area contributed by atoms with Gasteiger partial charge in [0.05, 0.1) is 5.75 Å². The molecule has 0 spiro atoms. The summed E-state index contributed by atoms with van der Waals surface area (Å²) in [6.45, 7) is 2.62. The Morgan fingerprint density at radius 1 is 1.05 bits per heavy atom. The van der Waals surface area contributed by atoms with Crippen LogP contribution in [0.25, 0.3) is 0 Å². The summed E-state index contributed by atoms with van der Waals surface area (Å²) in [6, 6.07) is 7.45. The Bertz CT molecular complexity index is 520. The zero-order chi connectivity index (χ0) is 15.1. The van der Waals surface area contributed by atoms with Gasteiger partial charge in [0.2, 0.25) is 10.0 Å². The van der Waals surface area contributed by atoms with E-state index in [4.69, 9.17) is 0 Å². The highest BCUT2D eigenvalue weighted by molar-refractivity contribution is 7.92. The molecule has 1 fully saturated rings. The molecule has 0 aliphatic heterocycles. The van der Waals surface area contributed by atoms with Crippen LogP contribution < -0.4 is 10.0 Å². The monoisotopic (exact) mass is 310 g/mol. The molecule has 1 aromatic rings. The van der Waals surface area contributed by atoms with Crippen LogP contribution in [-0.2, 0) is 10.0 Å². The van der Waals surface area contributed by atoms with Crippen molar-refractivity contribution in [1.29, 1.82) is 0 Å². The van der Waals surface area contributed by atoms with Crippen molar-refractivity contribution < 1.29 is 8.42 Å². The van der Waals surface area contributed by atoms with E-state index in [1.54, 1.807) is 19.1 Å². The van der Waals surface area contributed by atoms with Crippen LogP contribution in [0.4, 0.5) is 11.4 Å². The van der Waals surface area contributed by atoms with E-state index in [2.05, 4.69) is 10.0 Å². The standard InChI is InChI=1S/C16H26N2O2S/c1-2-21(19,20)18-16-10-8-15(9-11-16)17-13-12-14-6-4-3-5-7-14/h8-11,14,17-18H,2-7,12-13H2,1H3. The van der Waals surface area contributed by atoms with E-state index in [1.807, 2.05) is 12.1 Å². The van der Waals surface area contributed by atoms with E-state index in [9.17, 15) is 8.42 Å². The average Bonchev–Trinajstić information content (AvgIpc) is 2.50. The summed E-state index contributed by atoms with van der Waals surface area (Å²) in [7, 11) is -3.19. The van der Waals surface area contributed by atoms with Crippen LogP contribution in [0.1, 0.15) is 45.4 Å². The van der Waals surface area contributed by atoms with Crippen molar-refractivity contribution in [1.82, 2.24) is 0 Å². The van der Waals surface area contributed by atoms with Crippen LogP contribution >= 0.6 is 0 Å². The van der Waals surface area contributed by atoms with E-state index >= 15 is 0 Å². The van der Waals surface area contributed by atoms with E-state index in [0.29, 0.717) is 5.69 Å². The molecule has 1 saturated carbocycles. The van der Waals surface area contributed by atoms with Gasteiger partial charge in [-0.15, -0.1) is 0 Å². The summed E-state index contributed by atoms with van der Waals surface area (Å²) in [5.74, 6) is 0.968. The highest BCUT2D eigenvalue weighted by Crippen LogP contribution is 2.26. The van der Waals surface area contributed by atoms with E-state index in [-0.39, 0.29) is 5.75 Å². The number of hydrogen-bond donors (Lipinski definition) is 2. The van der Waals surface area contributed by atoms with E-state index in [0.717, 1.165) is 18.2 Å². The van der Waals surface area contributed by atoms with Gasteiger partial charge in [-0.3, -0.25) is 4.72 Å². The number of nitrogens with one attached hydrogen (secondary N) is 2. The minimum Gasteiger partial charge on any atom is -0.385 e. The van der Waals surface area contributed by atoms with Gasteiger partial charge in [-0.25, -0.2) is 8.42 Å². The molecule has 0 radical (unpaired) electrons. The first-order valence-corrected chi connectivity index (χ1v) is 9.59. The number of hydrogen-bond acceptors (Lipinski definition) is 3. The third-order valence-electron chi connectivity index (χ3n) is 4.14. The Kier molecular flexibility index (Phi) is 5.91. The van der Waals surface area contributed by atoms with Gasteiger partial charge in [0.1, 0.15) is 0 Å². The second-order valence-electron chi connectivity index (χ2n) is 5.80. The first-order valence-electron chi connectivity index (χ1n) is 7.93. The normalized spacial score (nSPS) is 16.6. The number of benzene rings is 1. The van der Waals surface area contributed by atoms with Crippen LogP contribution in [0.2, 0.25) is 0 Å². The fraction of sp³-hybridized carbons (Fsp3) is 0.625. The second kappa shape index (κ2) is 7.69. The first kappa shape index (κ1) is 16.1. The topological polar surface area (TPSA) is 58.2 Å². The summed E-state index contributed by atoms with van der Waals surface area (Å²) in [5.41, 5.74) is 1.67. The fourth-order valence-electron chi connectivity index (χ4n) is 2.80. The van der Waals surface area contributed by atoms with Gasteiger partial charge in [-0.05, 0) is 43.5 Å². The SMILES string of the molecule is CCS(=O)(=O)Nc1ccc(NCCC2CCCCC2)cc1. The quantitative estimate of drug-likeness (QED) is 0.804. The van der Waals surface area contributed by atoms with Crippen LogP contribution in [-0.4, -0.2) is 20.7 Å². The molecular formula is C16H26N2O2S. The molecule has 0 bridgehead atoms. The molecule has 5 heteroatoms. The lowest BCUT2D eigenvalue weighted by atomic mass is 9.87. The minimum atomic E-state index is -3.19. The lowest BCUT2D eigenvalue weighted by Crippen LogP contribution is -2.14. The molecule has 2 rings (SSSR count). The molecular weight excluding hydrogens is 284 g/mol. The molecule has 0 amide bonds. The second-order valence-corrected chi connectivity index (χ2v) is 7.81. The van der Waals surface area contributed by atoms with Gasteiger partial charge in [0, 0.05) is 17.9 Å². The summed E-state index contributed by atoms with van der Waals surface area (Å²) in [4.78, 5) is 0. The van der Waals surface area contributed by atoms with Gasteiger partial charge < -0.3 is 5.32 Å². The largest absolute Gasteiger partial charge is 0.385 e. The molecule has 4 nitrogen and oxygen atoms in total. The lowest BCUT2D eigenvalue weighted by molar-refractivity contribution is 0.345. The Balaban J connectivity index is 1.77. The predicted molar refractivity (Wildman–Crippen MR) is 89.2 cm³/mol. The summed E-state index contributed by atoms with van der Waals surface area (Å²) in [6.07, 6.45) is 8.15. The van der Waals surface area contributed by atoms with Gasteiger partial charge in [0.25, 0.3) is 0 Å². The third-order valence-corrected chi connectivity index (χ3v) is 5.45. The van der Waals surface area contributed by atoms with Crippen molar-refractivity contribution in [3.63, 3.8) is 0 Å². The Hall–Kier alpha value is -1.23. The highest BCUT2D eigenvalue weighted by Gasteiger charge is 2.12. The van der Waals surface area contributed by atoms with Crippen LogP contribution in [0.5, 0.6) is 0 Å². The van der Waals surface area contributed by atoms with E-state index in [1.165, 1.54) is 38.5 Å². The van der Waals surface area contributed by atoms with Crippen molar-refractivity contribution in [3.05, 3.63) is 24.3 Å². The predicted octanol–water partition coefficient (Wildman–Crippen LogP) is 3.83. The highest BCUT2D eigenvalue weighted by atomic mass is 32.2. The molecule has 21 heavy (non-hydrogen) atoms. The maximum absolute atomic E-state index is 11.5. The number of sulfonamides is 1. The molecule has 0 aromatic heterocycles. The molecule has 1 aliphatic rings. The Morgan fingerprint density at radius 3 is 2.29 bits per heavy atom. The molecule has 118 valence electrons. The number of rotatable bonds is 7. The Morgan fingerprint density at radius 2 is 1.67 bits per heavy atom. The smallest absolute Gasteiger partial charge is 0.232 e. The zero-order valence-corrected chi connectivity index (χ0v) is 13.6. The van der Waals surface area contributed by atoms with Crippen molar-refractivity contribution in [2.45, 2.75) is 45.4 Å². The molecule has 0 saturated heterocycles. The van der Waals surface area contributed by atoms with Gasteiger partial charge in [0.15, 0.2) is 0 Å². The van der Waals surface area contributed by atoms with Gasteiger partial charge in [-0.1, -0.05) is 32.1 Å². The average molecular weight is 310 g/mol. The summed E-state index contributed by atoms with van der Waals surface area (Å²) < 4.78 is 25.5. The van der Waals surface area contributed by atoms with Crippen LogP contribution in [0, 0.1) is 5.92 Å². The molecule has 2 N–H and O–H groups in total. The molecule has 1 aliphatic carbocycles. The molecule has 0 unspecified atom stereocenters. The lowest BCUT2D eigenvalue weighted by Gasteiger charge is -2.21. The van der Waals surface area contributed by atoms with Crippen LogP contribution in [0.15, 0.2) is 24.3 Å². The maximum atomic E-state index is 11.5. The van der Waals surface area contributed by atoms with Gasteiger partial charge >= 0.3 is 0 Å².